The molecule has 118 valence electrons. The van der Waals surface area contributed by atoms with Crippen molar-refractivity contribution in [1.82, 2.24) is 0 Å². The molecule has 2 rings (SSSR count). The summed E-state index contributed by atoms with van der Waals surface area (Å²) in [7, 11) is 0. The molecule has 0 aliphatic rings. The third-order valence-electron chi connectivity index (χ3n) is 3.12. The second kappa shape index (κ2) is 7.94. The molecule has 23 heavy (non-hydrogen) atoms. The molecule has 0 saturated carbocycles. The second-order valence-corrected chi connectivity index (χ2v) is 4.98. The Morgan fingerprint density at radius 3 is 2.43 bits per heavy atom. The van der Waals surface area contributed by atoms with Crippen molar-refractivity contribution in [3.8, 4) is 0 Å². The third kappa shape index (κ3) is 4.81. The minimum atomic E-state index is -0.363. The van der Waals surface area contributed by atoms with Gasteiger partial charge in [0, 0.05) is 23.0 Å². The van der Waals surface area contributed by atoms with Crippen molar-refractivity contribution in [2.45, 2.75) is 13.8 Å². The van der Waals surface area contributed by atoms with Gasteiger partial charge in [-0.2, -0.15) is 0 Å². The van der Waals surface area contributed by atoms with Crippen molar-refractivity contribution in [1.29, 1.82) is 0 Å². The van der Waals surface area contributed by atoms with Gasteiger partial charge < -0.3 is 10.1 Å². The van der Waals surface area contributed by atoms with Crippen molar-refractivity contribution in [3.63, 3.8) is 0 Å². The highest BCUT2D eigenvalue weighted by Gasteiger charge is 2.07. The summed E-state index contributed by atoms with van der Waals surface area (Å²) in [5.74, 6) is -0.435. The first-order chi connectivity index (χ1) is 11.1. The molecule has 0 radical (unpaired) electrons. The van der Waals surface area contributed by atoms with Crippen molar-refractivity contribution in [3.05, 3.63) is 77.5 Å². The molecule has 4 heteroatoms. The first kappa shape index (κ1) is 16.5. The highest BCUT2D eigenvalue weighted by Crippen LogP contribution is 2.14. The lowest BCUT2D eigenvalue weighted by Gasteiger charge is -2.08. The second-order valence-electron chi connectivity index (χ2n) is 4.98. The van der Waals surface area contributed by atoms with Gasteiger partial charge in [-0.25, -0.2) is 4.79 Å². The van der Waals surface area contributed by atoms with Crippen molar-refractivity contribution in [2.24, 2.45) is 0 Å². The molecular formula is C19H19NO3. The predicted molar refractivity (Wildman–Crippen MR) is 90.6 cm³/mol. The Hall–Kier alpha value is -2.88. The molecule has 0 bridgehead atoms. The maximum atomic E-state index is 12.1. The van der Waals surface area contributed by atoms with Crippen LogP contribution in [0.25, 0.3) is 0 Å². The van der Waals surface area contributed by atoms with E-state index in [0.717, 1.165) is 5.69 Å². The van der Waals surface area contributed by atoms with Gasteiger partial charge in [0.1, 0.15) is 0 Å². The zero-order valence-electron chi connectivity index (χ0n) is 13.2. The number of allylic oxidation sites excluding steroid dienone is 2. The lowest BCUT2D eigenvalue weighted by molar-refractivity contribution is 0.0526. The van der Waals surface area contributed by atoms with E-state index in [0.29, 0.717) is 23.4 Å². The van der Waals surface area contributed by atoms with Crippen LogP contribution in [-0.2, 0) is 4.74 Å². The number of ether oxygens (including phenoxy) is 1. The summed E-state index contributed by atoms with van der Waals surface area (Å²) in [5, 5.41) is 3.11. The average Bonchev–Trinajstić information content (AvgIpc) is 2.56. The highest BCUT2D eigenvalue weighted by molar-refractivity contribution is 6.05. The van der Waals surface area contributed by atoms with E-state index in [-0.39, 0.29) is 11.8 Å². The zero-order chi connectivity index (χ0) is 16.7. The van der Waals surface area contributed by atoms with Crippen LogP contribution in [0.4, 0.5) is 5.69 Å². The molecule has 2 aromatic carbocycles. The fourth-order valence-electron chi connectivity index (χ4n) is 2.08. The fourth-order valence-corrected chi connectivity index (χ4v) is 2.08. The molecule has 0 aliphatic carbocycles. The molecule has 0 aromatic heterocycles. The highest BCUT2D eigenvalue weighted by atomic mass is 16.5. The number of ketones is 1. The monoisotopic (exact) mass is 309 g/mol. The molecule has 0 fully saturated rings. The molecule has 0 amide bonds. The molecule has 0 saturated heterocycles. The summed E-state index contributed by atoms with van der Waals surface area (Å²) in [5.41, 5.74) is 2.53. The number of carbonyl (C=O) groups is 2. The SMILES string of the molecule is CCOC(=O)c1cccc(NC(C)=CC(=O)c2ccccc2)c1. The molecule has 0 spiro atoms. The summed E-state index contributed by atoms with van der Waals surface area (Å²) in [4.78, 5) is 23.8. The number of hydrogen-bond donors (Lipinski definition) is 1. The third-order valence-corrected chi connectivity index (χ3v) is 3.12. The number of benzene rings is 2. The molecule has 0 unspecified atom stereocenters. The van der Waals surface area contributed by atoms with Crippen LogP contribution in [0.2, 0.25) is 0 Å². The minimum Gasteiger partial charge on any atom is -0.462 e. The quantitative estimate of drug-likeness (QED) is 0.496. The molecule has 0 heterocycles. The number of esters is 1. The van der Waals surface area contributed by atoms with Gasteiger partial charge in [-0.05, 0) is 32.0 Å². The number of nitrogens with one attached hydrogen (secondary N) is 1. The van der Waals surface area contributed by atoms with Gasteiger partial charge in [-0.1, -0.05) is 36.4 Å². The average molecular weight is 309 g/mol. The Morgan fingerprint density at radius 2 is 1.74 bits per heavy atom. The minimum absolute atomic E-state index is 0.0721. The van der Waals surface area contributed by atoms with Gasteiger partial charge in [0.15, 0.2) is 5.78 Å². The zero-order valence-corrected chi connectivity index (χ0v) is 13.2. The molecule has 2 aromatic rings. The lowest BCUT2D eigenvalue weighted by Crippen LogP contribution is -2.06. The Kier molecular flexibility index (Phi) is 5.69. The van der Waals surface area contributed by atoms with Gasteiger partial charge in [-0.3, -0.25) is 4.79 Å². The Morgan fingerprint density at radius 1 is 1.04 bits per heavy atom. The van der Waals surface area contributed by atoms with E-state index in [1.54, 1.807) is 44.2 Å². The van der Waals surface area contributed by atoms with Gasteiger partial charge in [0.25, 0.3) is 0 Å². The Balaban J connectivity index is 2.09. The number of rotatable bonds is 6. The van der Waals surface area contributed by atoms with E-state index in [4.69, 9.17) is 4.74 Å². The fraction of sp³-hybridized carbons (Fsp3) is 0.158. The Labute approximate surface area is 135 Å². The Bertz CT molecular complexity index is 720. The van der Waals surface area contributed by atoms with E-state index >= 15 is 0 Å². The van der Waals surface area contributed by atoms with E-state index in [1.165, 1.54) is 6.08 Å². The van der Waals surface area contributed by atoms with Crippen LogP contribution in [0.3, 0.4) is 0 Å². The molecule has 0 aliphatic heterocycles. The standard InChI is InChI=1S/C19H19NO3/c1-3-23-19(22)16-10-7-11-17(13-16)20-14(2)12-18(21)15-8-5-4-6-9-15/h4-13,20H,3H2,1-2H3. The molecule has 0 atom stereocenters. The van der Waals surface area contributed by atoms with Gasteiger partial charge in [-0.15, -0.1) is 0 Å². The number of anilines is 1. The maximum Gasteiger partial charge on any atom is 0.338 e. The normalized spacial score (nSPS) is 11.0. The summed E-state index contributed by atoms with van der Waals surface area (Å²) in [6.07, 6.45) is 1.53. The van der Waals surface area contributed by atoms with E-state index in [1.807, 2.05) is 24.3 Å². The van der Waals surface area contributed by atoms with E-state index < -0.39 is 0 Å². The van der Waals surface area contributed by atoms with Crippen LogP contribution in [0, 0.1) is 0 Å². The molecule has 1 N–H and O–H groups in total. The van der Waals surface area contributed by atoms with E-state index in [9.17, 15) is 9.59 Å². The summed E-state index contributed by atoms with van der Waals surface area (Å²) in [6.45, 7) is 3.90. The van der Waals surface area contributed by atoms with Gasteiger partial charge in [0.05, 0.1) is 12.2 Å². The van der Waals surface area contributed by atoms with Crippen LogP contribution < -0.4 is 5.32 Å². The van der Waals surface area contributed by atoms with Crippen molar-refractivity contribution < 1.29 is 14.3 Å². The largest absolute Gasteiger partial charge is 0.462 e. The predicted octanol–water partition coefficient (Wildman–Crippen LogP) is 4.06. The van der Waals surface area contributed by atoms with Crippen LogP contribution in [0.5, 0.6) is 0 Å². The van der Waals surface area contributed by atoms with Crippen molar-refractivity contribution >= 4 is 17.4 Å². The van der Waals surface area contributed by atoms with E-state index in [2.05, 4.69) is 5.32 Å². The number of hydrogen-bond acceptors (Lipinski definition) is 4. The van der Waals surface area contributed by atoms with Gasteiger partial charge in [0.2, 0.25) is 0 Å². The lowest BCUT2D eigenvalue weighted by atomic mass is 10.1. The van der Waals surface area contributed by atoms with Crippen LogP contribution in [0.1, 0.15) is 34.6 Å². The first-order valence-electron chi connectivity index (χ1n) is 7.42. The van der Waals surface area contributed by atoms with Crippen LogP contribution >= 0.6 is 0 Å². The maximum absolute atomic E-state index is 12.1. The summed E-state index contributed by atoms with van der Waals surface area (Å²) in [6, 6.07) is 16.0. The topological polar surface area (TPSA) is 55.4 Å². The molecule has 4 nitrogen and oxygen atoms in total. The first-order valence-corrected chi connectivity index (χ1v) is 7.42. The number of carbonyl (C=O) groups excluding carboxylic acids is 2. The van der Waals surface area contributed by atoms with Crippen LogP contribution in [-0.4, -0.2) is 18.4 Å². The van der Waals surface area contributed by atoms with Gasteiger partial charge >= 0.3 is 5.97 Å². The smallest absolute Gasteiger partial charge is 0.338 e. The van der Waals surface area contributed by atoms with Crippen LogP contribution in [0.15, 0.2) is 66.4 Å². The summed E-state index contributed by atoms with van der Waals surface area (Å²) >= 11 is 0. The summed E-state index contributed by atoms with van der Waals surface area (Å²) < 4.78 is 4.97. The molecular weight excluding hydrogens is 290 g/mol. The van der Waals surface area contributed by atoms with Crippen molar-refractivity contribution in [2.75, 3.05) is 11.9 Å².